The zero-order chi connectivity index (χ0) is 20.6. The van der Waals surface area contributed by atoms with Gasteiger partial charge in [0.15, 0.2) is 0 Å². The summed E-state index contributed by atoms with van der Waals surface area (Å²) in [6, 6.07) is 6.44. The van der Waals surface area contributed by atoms with Crippen LogP contribution in [0.2, 0.25) is 0 Å². The van der Waals surface area contributed by atoms with Gasteiger partial charge in [-0.2, -0.15) is 0 Å². The van der Waals surface area contributed by atoms with Gasteiger partial charge in [0.05, 0.1) is 37.8 Å². The van der Waals surface area contributed by atoms with E-state index in [4.69, 9.17) is 9.47 Å². The molecule has 2 aliphatic heterocycles. The number of morpholine rings is 2. The maximum atomic E-state index is 12.7. The van der Waals surface area contributed by atoms with Crippen molar-refractivity contribution in [3.63, 3.8) is 0 Å². The number of carbonyl (C=O) groups is 1. The first-order valence-corrected chi connectivity index (χ1v) is 11.9. The number of amides is 1. The van der Waals surface area contributed by atoms with Crippen molar-refractivity contribution in [3.05, 3.63) is 18.2 Å². The SMILES string of the molecule is O=C(CCCC1CCCCC1)Nc1ccc(N2CCOCC2)cc1N1CCOCC1. The van der Waals surface area contributed by atoms with Gasteiger partial charge in [-0.3, -0.25) is 4.79 Å². The van der Waals surface area contributed by atoms with Crippen LogP contribution in [0.15, 0.2) is 18.2 Å². The summed E-state index contributed by atoms with van der Waals surface area (Å²) < 4.78 is 11.0. The summed E-state index contributed by atoms with van der Waals surface area (Å²) in [7, 11) is 0. The summed E-state index contributed by atoms with van der Waals surface area (Å²) in [5.41, 5.74) is 3.24. The zero-order valence-corrected chi connectivity index (χ0v) is 18.2. The van der Waals surface area contributed by atoms with Gasteiger partial charge in [-0.1, -0.05) is 32.1 Å². The smallest absolute Gasteiger partial charge is 0.224 e. The van der Waals surface area contributed by atoms with Crippen LogP contribution in [0.5, 0.6) is 0 Å². The third kappa shape index (κ3) is 5.88. The molecule has 0 aromatic heterocycles. The average molecular weight is 416 g/mol. The highest BCUT2D eigenvalue weighted by Crippen LogP contribution is 2.33. The first kappa shape index (κ1) is 21.4. The van der Waals surface area contributed by atoms with Crippen molar-refractivity contribution < 1.29 is 14.3 Å². The van der Waals surface area contributed by atoms with Crippen molar-refractivity contribution in [3.8, 4) is 0 Å². The second-order valence-electron chi connectivity index (χ2n) is 8.84. The lowest BCUT2D eigenvalue weighted by Crippen LogP contribution is -2.38. The highest BCUT2D eigenvalue weighted by molar-refractivity contribution is 5.95. The lowest BCUT2D eigenvalue weighted by atomic mass is 9.86. The number of nitrogens with one attached hydrogen (secondary N) is 1. The van der Waals surface area contributed by atoms with E-state index in [0.29, 0.717) is 6.42 Å². The Morgan fingerprint density at radius 1 is 0.933 bits per heavy atom. The van der Waals surface area contributed by atoms with Gasteiger partial charge in [0.2, 0.25) is 5.91 Å². The Morgan fingerprint density at radius 2 is 1.60 bits per heavy atom. The fraction of sp³-hybridized carbons (Fsp3) is 0.708. The fourth-order valence-corrected chi connectivity index (χ4v) is 4.95. The van der Waals surface area contributed by atoms with Gasteiger partial charge >= 0.3 is 0 Å². The van der Waals surface area contributed by atoms with Crippen LogP contribution in [0, 0.1) is 5.92 Å². The van der Waals surface area contributed by atoms with E-state index in [0.717, 1.165) is 76.3 Å². The van der Waals surface area contributed by atoms with Gasteiger partial charge in [-0.05, 0) is 37.0 Å². The third-order valence-electron chi connectivity index (χ3n) is 6.72. The average Bonchev–Trinajstić information content (AvgIpc) is 2.81. The molecule has 30 heavy (non-hydrogen) atoms. The molecule has 1 aliphatic carbocycles. The Kier molecular flexibility index (Phi) is 7.87. The molecule has 2 heterocycles. The Hall–Kier alpha value is -1.79. The molecule has 6 heteroatoms. The Labute approximate surface area is 180 Å². The molecule has 6 nitrogen and oxygen atoms in total. The molecule has 1 aromatic rings. The monoisotopic (exact) mass is 415 g/mol. The van der Waals surface area contributed by atoms with E-state index < -0.39 is 0 Å². The van der Waals surface area contributed by atoms with Crippen LogP contribution in [0.1, 0.15) is 51.4 Å². The highest BCUT2D eigenvalue weighted by Gasteiger charge is 2.20. The number of benzene rings is 1. The van der Waals surface area contributed by atoms with Crippen molar-refractivity contribution in [2.45, 2.75) is 51.4 Å². The highest BCUT2D eigenvalue weighted by atomic mass is 16.5. The fourth-order valence-electron chi connectivity index (χ4n) is 4.95. The van der Waals surface area contributed by atoms with Crippen molar-refractivity contribution >= 4 is 23.0 Å². The molecule has 166 valence electrons. The predicted molar refractivity (Wildman–Crippen MR) is 122 cm³/mol. The summed E-state index contributed by atoms with van der Waals surface area (Å²) in [5, 5.41) is 3.21. The lowest BCUT2D eigenvalue weighted by molar-refractivity contribution is -0.116. The maximum absolute atomic E-state index is 12.7. The van der Waals surface area contributed by atoms with E-state index >= 15 is 0 Å². The van der Waals surface area contributed by atoms with Crippen molar-refractivity contribution in [1.82, 2.24) is 0 Å². The molecule has 4 rings (SSSR count). The molecule has 1 aromatic carbocycles. The topological polar surface area (TPSA) is 54.0 Å². The summed E-state index contributed by atoms with van der Waals surface area (Å²) in [6.07, 6.45) is 9.64. The molecule has 0 spiro atoms. The van der Waals surface area contributed by atoms with Crippen LogP contribution in [-0.2, 0) is 14.3 Å². The minimum Gasteiger partial charge on any atom is -0.378 e. The summed E-state index contributed by atoms with van der Waals surface area (Å²) >= 11 is 0. The number of rotatable bonds is 7. The summed E-state index contributed by atoms with van der Waals surface area (Å²) in [5.74, 6) is 0.975. The van der Waals surface area contributed by atoms with Gasteiger partial charge in [0.1, 0.15) is 0 Å². The molecule has 1 saturated carbocycles. The van der Waals surface area contributed by atoms with Crippen LogP contribution in [-0.4, -0.2) is 58.5 Å². The van der Waals surface area contributed by atoms with Gasteiger partial charge in [-0.15, -0.1) is 0 Å². The second kappa shape index (κ2) is 11.0. The summed E-state index contributed by atoms with van der Waals surface area (Å²) in [4.78, 5) is 17.4. The number of nitrogens with zero attached hydrogens (tertiary/aromatic N) is 2. The van der Waals surface area contributed by atoms with Gasteiger partial charge < -0.3 is 24.6 Å². The molecular formula is C24H37N3O3. The Bertz CT molecular complexity index is 678. The molecule has 0 bridgehead atoms. The third-order valence-corrected chi connectivity index (χ3v) is 6.72. The first-order chi connectivity index (χ1) is 14.8. The van der Waals surface area contributed by atoms with Crippen LogP contribution >= 0.6 is 0 Å². The standard InChI is InChI=1S/C24H37N3O3/c28-24(8-4-7-20-5-2-1-3-6-20)25-22-10-9-21(26-11-15-29-16-12-26)19-23(22)27-13-17-30-18-14-27/h9-10,19-20H,1-8,11-18H2,(H,25,28). The molecule has 2 saturated heterocycles. The quantitative estimate of drug-likeness (QED) is 0.728. The lowest BCUT2D eigenvalue weighted by Gasteiger charge is -2.33. The molecule has 3 fully saturated rings. The van der Waals surface area contributed by atoms with Gasteiger partial charge in [0.25, 0.3) is 0 Å². The number of ether oxygens (including phenoxy) is 2. The number of anilines is 3. The van der Waals surface area contributed by atoms with Crippen LogP contribution in [0.3, 0.4) is 0 Å². The van der Waals surface area contributed by atoms with E-state index in [-0.39, 0.29) is 5.91 Å². The van der Waals surface area contributed by atoms with E-state index in [9.17, 15) is 4.79 Å². The van der Waals surface area contributed by atoms with E-state index in [1.807, 2.05) is 0 Å². The van der Waals surface area contributed by atoms with Crippen molar-refractivity contribution in [1.29, 1.82) is 0 Å². The van der Waals surface area contributed by atoms with Gasteiger partial charge in [-0.25, -0.2) is 0 Å². The molecule has 1 N–H and O–H groups in total. The Morgan fingerprint density at radius 3 is 2.30 bits per heavy atom. The minimum absolute atomic E-state index is 0.138. The first-order valence-electron chi connectivity index (χ1n) is 11.9. The second-order valence-corrected chi connectivity index (χ2v) is 8.84. The van der Waals surface area contributed by atoms with Crippen molar-refractivity contribution in [2.75, 3.05) is 67.7 Å². The molecule has 0 radical (unpaired) electrons. The van der Waals surface area contributed by atoms with E-state index in [1.54, 1.807) is 0 Å². The van der Waals surface area contributed by atoms with E-state index in [2.05, 4.69) is 33.3 Å². The molecular weight excluding hydrogens is 378 g/mol. The molecule has 0 unspecified atom stereocenters. The maximum Gasteiger partial charge on any atom is 0.224 e. The van der Waals surface area contributed by atoms with E-state index in [1.165, 1.54) is 44.2 Å². The number of hydrogen-bond acceptors (Lipinski definition) is 5. The number of carbonyl (C=O) groups excluding carboxylic acids is 1. The number of hydrogen-bond donors (Lipinski definition) is 1. The van der Waals surface area contributed by atoms with Gasteiger partial charge in [0, 0.05) is 38.3 Å². The van der Waals surface area contributed by atoms with Crippen LogP contribution in [0.4, 0.5) is 17.1 Å². The molecule has 3 aliphatic rings. The zero-order valence-electron chi connectivity index (χ0n) is 18.2. The predicted octanol–water partition coefficient (Wildman–Crippen LogP) is 4.05. The molecule has 1 amide bonds. The van der Waals surface area contributed by atoms with Crippen LogP contribution in [0.25, 0.3) is 0 Å². The summed E-state index contributed by atoms with van der Waals surface area (Å²) in [6.45, 7) is 6.55. The van der Waals surface area contributed by atoms with Crippen LogP contribution < -0.4 is 15.1 Å². The normalized spacial score (nSPS) is 20.9. The largest absolute Gasteiger partial charge is 0.378 e. The molecule has 0 atom stereocenters. The van der Waals surface area contributed by atoms with Crippen molar-refractivity contribution in [2.24, 2.45) is 5.92 Å². The minimum atomic E-state index is 0.138. The Balaban J connectivity index is 1.39.